The Bertz CT molecular complexity index is 506. The van der Waals surface area contributed by atoms with E-state index in [0.29, 0.717) is 12.4 Å². The van der Waals surface area contributed by atoms with Gasteiger partial charge >= 0.3 is 0 Å². The number of aromatic nitrogens is 2. The Labute approximate surface area is 87.2 Å². The summed E-state index contributed by atoms with van der Waals surface area (Å²) in [5.74, 6) is 1.37. The first-order chi connectivity index (χ1) is 7.16. The van der Waals surface area contributed by atoms with Gasteiger partial charge in [-0.3, -0.25) is 4.79 Å². The number of hydrogen-bond acceptors (Lipinski definition) is 3. The van der Waals surface area contributed by atoms with Crippen molar-refractivity contribution in [3.05, 3.63) is 52.1 Å². The van der Waals surface area contributed by atoms with Crippen LogP contribution in [0.3, 0.4) is 0 Å². The molecule has 2 aromatic rings. The lowest BCUT2D eigenvalue weighted by Gasteiger charge is -1.99. The molecule has 0 aliphatic rings. The van der Waals surface area contributed by atoms with E-state index in [1.807, 2.05) is 19.9 Å². The van der Waals surface area contributed by atoms with Gasteiger partial charge < -0.3 is 8.98 Å². The summed E-state index contributed by atoms with van der Waals surface area (Å²) in [6.45, 7) is 4.13. The van der Waals surface area contributed by atoms with Gasteiger partial charge in [-0.15, -0.1) is 0 Å². The smallest absolute Gasteiger partial charge is 0.250 e. The molecular formula is C11H12N2O2. The lowest BCUT2D eigenvalue weighted by molar-refractivity contribution is 0.454. The molecule has 0 aliphatic carbocycles. The highest BCUT2D eigenvalue weighted by molar-refractivity contribution is 5.06. The second-order valence-corrected chi connectivity index (χ2v) is 3.42. The van der Waals surface area contributed by atoms with Gasteiger partial charge in [0.05, 0.1) is 5.69 Å². The Morgan fingerprint density at radius 3 is 2.80 bits per heavy atom. The molecule has 0 saturated carbocycles. The maximum atomic E-state index is 11.4. The summed E-state index contributed by atoms with van der Waals surface area (Å²) >= 11 is 0. The van der Waals surface area contributed by atoms with Crippen LogP contribution in [-0.2, 0) is 6.54 Å². The van der Waals surface area contributed by atoms with Crippen LogP contribution in [0.25, 0.3) is 0 Å². The Kier molecular flexibility index (Phi) is 2.41. The van der Waals surface area contributed by atoms with Crippen LogP contribution in [0.15, 0.2) is 33.6 Å². The van der Waals surface area contributed by atoms with Crippen LogP contribution in [0.5, 0.6) is 0 Å². The van der Waals surface area contributed by atoms with E-state index in [4.69, 9.17) is 4.42 Å². The molecule has 0 spiro atoms. The van der Waals surface area contributed by atoms with E-state index >= 15 is 0 Å². The molecule has 0 bridgehead atoms. The minimum absolute atomic E-state index is 0.0500. The van der Waals surface area contributed by atoms with Crippen molar-refractivity contribution in [3.63, 3.8) is 0 Å². The summed E-state index contributed by atoms with van der Waals surface area (Å²) in [7, 11) is 0. The predicted molar refractivity (Wildman–Crippen MR) is 55.8 cm³/mol. The first-order valence-electron chi connectivity index (χ1n) is 4.75. The van der Waals surface area contributed by atoms with Crippen molar-refractivity contribution in [1.82, 2.24) is 9.55 Å². The van der Waals surface area contributed by atoms with Crippen molar-refractivity contribution in [2.45, 2.75) is 20.4 Å². The minimum atomic E-state index is -0.0500. The highest BCUT2D eigenvalue weighted by atomic mass is 16.4. The lowest BCUT2D eigenvalue weighted by Crippen LogP contribution is -2.18. The van der Waals surface area contributed by atoms with Gasteiger partial charge in [0, 0.05) is 12.3 Å². The minimum Gasteiger partial charge on any atom is -0.444 e. The zero-order valence-electron chi connectivity index (χ0n) is 8.73. The normalized spacial score (nSPS) is 10.5. The number of rotatable bonds is 2. The lowest BCUT2D eigenvalue weighted by atomic mass is 10.4. The Balaban J connectivity index is 2.30. The molecule has 0 saturated heterocycles. The standard InChI is InChI=1S/C11H12N2O2/c1-8-9(2)15-10(12-8)7-13-6-4-3-5-11(13)14/h3-6H,7H2,1-2H3. The Hall–Kier alpha value is -1.84. The predicted octanol–water partition coefficient (Wildman–Crippen LogP) is 1.50. The first-order valence-corrected chi connectivity index (χ1v) is 4.75. The monoisotopic (exact) mass is 204 g/mol. The molecular weight excluding hydrogens is 192 g/mol. The molecule has 0 radical (unpaired) electrons. The van der Waals surface area contributed by atoms with E-state index in [0.717, 1.165) is 11.5 Å². The molecule has 0 amide bonds. The third-order valence-electron chi connectivity index (χ3n) is 2.28. The van der Waals surface area contributed by atoms with Gasteiger partial charge in [0.25, 0.3) is 5.56 Å². The molecule has 15 heavy (non-hydrogen) atoms. The Morgan fingerprint density at radius 1 is 1.40 bits per heavy atom. The maximum Gasteiger partial charge on any atom is 0.250 e. The summed E-state index contributed by atoms with van der Waals surface area (Å²) in [5.41, 5.74) is 0.819. The molecule has 0 aliphatic heterocycles. The van der Waals surface area contributed by atoms with Crippen LogP contribution in [0.4, 0.5) is 0 Å². The van der Waals surface area contributed by atoms with Crippen LogP contribution in [-0.4, -0.2) is 9.55 Å². The fourth-order valence-corrected chi connectivity index (χ4v) is 1.34. The van der Waals surface area contributed by atoms with Crippen molar-refractivity contribution in [1.29, 1.82) is 0 Å². The van der Waals surface area contributed by atoms with E-state index < -0.39 is 0 Å². The highest BCUT2D eigenvalue weighted by Gasteiger charge is 2.06. The molecule has 2 aromatic heterocycles. The molecule has 0 N–H and O–H groups in total. The molecule has 0 atom stereocenters. The van der Waals surface area contributed by atoms with Crippen molar-refractivity contribution < 1.29 is 4.42 Å². The zero-order valence-corrected chi connectivity index (χ0v) is 8.73. The van der Waals surface area contributed by atoms with Crippen molar-refractivity contribution >= 4 is 0 Å². The third kappa shape index (κ3) is 1.98. The van der Waals surface area contributed by atoms with E-state index in [-0.39, 0.29) is 5.56 Å². The van der Waals surface area contributed by atoms with E-state index in [9.17, 15) is 4.79 Å². The number of nitrogens with zero attached hydrogens (tertiary/aromatic N) is 2. The second-order valence-electron chi connectivity index (χ2n) is 3.42. The van der Waals surface area contributed by atoms with Gasteiger partial charge in [-0.25, -0.2) is 4.98 Å². The van der Waals surface area contributed by atoms with Gasteiger partial charge in [0.1, 0.15) is 12.3 Å². The molecule has 0 aromatic carbocycles. The summed E-state index contributed by atoms with van der Waals surface area (Å²) < 4.78 is 6.96. The average Bonchev–Trinajstić information content (AvgIpc) is 2.50. The highest BCUT2D eigenvalue weighted by Crippen LogP contribution is 2.08. The van der Waals surface area contributed by atoms with Gasteiger partial charge in [-0.05, 0) is 19.9 Å². The quantitative estimate of drug-likeness (QED) is 0.744. The van der Waals surface area contributed by atoms with Crippen molar-refractivity contribution in [2.75, 3.05) is 0 Å². The van der Waals surface area contributed by atoms with Gasteiger partial charge in [0.15, 0.2) is 0 Å². The number of hydrogen-bond donors (Lipinski definition) is 0. The molecule has 78 valence electrons. The fraction of sp³-hybridized carbons (Fsp3) is 0.273. The summed E-state index contributed by atoms with van der Waals surface area (Å²) in [6, 6.07) is 5.04. The molecule has 4 heteroatoms. The molecule has 0 unspecified atom stereocenters. The zero-order chi connectivity index (χ0) is 10.8. The topological polar surface area (TPSA) is 48.0 Å². The summed E-state index contributed by atoms with van der Waals surface area (Å²) in [5, 5.41) is 0. The molecule has 4 nitrogen and oxygen atoms in total. The van der Waals surface area contributed by atoms with Crippen molar-refractivity contribution in [2.24, 2.45) is 0 Å². The fourth-order valence-electron chi connectivity index (χ4n) is 1.34. The summed E-state index contributed by atoms with van der Waals surface area (Å²) in [4.78, 5) is 15.6. The maximum absolute atomic E-state index is 11.4. The van der Waals surface area contributed by atoms with Crippen molar-refractivity contribution in [3.8, 4) is 0 Å². The van der Waals surface area contributed by atoms with Crippen LogP contribution in [0.2, 0.25) is 0 Å². The van der Waals surface area contributed by atoms with Crippen LogP contribution in [0.1, 0.15) is 17.3 Å². The van der Waals surface area contributed by atoms with Crippen LogP contribution >= 0.6 is 0 Å². The molecule has 2 rings (SSSR count). The summed E-state index contributed by atoms with van der Waals surface area (Å²) in [6.07, 6.45) is 1.72. The number of oxazole rings is 1. The van der Waals surface area contributed by atoms with Crippen LogP contribution in [0, 0.1) is 13.8 Å². The van der Waals surface area contributed by atoms with Gasteiger partial charge in [-0.1, -0.05) is 6.07 Å². The SMILES string of the molecule is Cc1nc(Cn2ccccc2=O)oc1C. The average molecular weight is 204 g/mol. The number of aryl methyl sites for hydroxylation is 2. The third-order valence-corrected chi connectivity index (χ3v) is 2.28. The van der Waals surface area contributed by atoms with Gasteiger partial charge in [0.2, 0.25) is 5.89 Å². The Morgan fingerprint density at radius 2 is 2.20 bits per heavy atom. The molecule has 0 fully saturated rings. The number of pyridine rings is 1. The first kappa shape index (κ1) is 9.71. The van der Waals surface area contributed by atoms with E-state index in [1.54, 1.807) is 16.8 Å². The molecule has 2 heterocycles. The largest absolute Gasteiger partial charge is 0.444 e. The van der Waals surface area contributed by atoms with E-state index in [2.05, 4.69) is 4.98 Å². The van der Waals surface area contributed by atoms with Crippen LogP contribution < -0.4 is 5.56 Å². The van der Waals surface area contributed by atoms with Gasteiger partial charge in [-0.2, -0.15) is 0 Å². The van der Waals surface area contributed by atoms with E-state index in [1.165, 1.54) is 6.07 Å². The second kappa shape index (κ2) is 3.73.